The Bertz CT molecular complexity index is 399. The van der Waals surface area contributed by atoms with Gasteiger partial charge in [-0.15, -0.1) is 0 Å². The van der Waals surface area contributed by atoms with E-state index in [0.29, 0.717) is 0 Å². The molecule has 0 fully saturated rings. The van der Waals surface area contributed by atoms with Crippen molar-refractivity contribution in [2.75, 3.05) is 11.9 Å². The molecule has 1 amide bonds. The molecule has 0 radical (unpaired) electrons. The number of rotatable bonds is 5. The summed E-state index contributed by atoms with van der Waals surface area (Å²) in [4.78, 5) is 11.1. The lowest BCUT2D eigenvalue weighted by molar-refractivity contribution is -0.116. The summed E-state index contributed by atoms with van der Waals surface area (Å²) in [6.07, 6.45) is 0.0942. The van der Waals surface area contributed by atoms with Crippen LogP contribution in [0.3, 0.4) is 0 Å². The minimum absolute atomic E-state index is 0.0942. The summed E-state index contributed by atoms with van der Waals surface area (Å²) in [5.74, 6) is -1.93. The molecule has 4 nitrogen and oxygen atoms in total. The van der Waals surface area contributed by atoms with Crippen molar-refractivity contribution < 1.29 is 22.7 Å². The van der Waals surface area contributed by atoms with E-state index in [4.69, 9.17) is 5.73 Å². The van der Waals surface area contributed by atoms with Gasteiger partial charge in [-0.25, -0.2) is 4.39 Å². The van der Waals surface area contributed by atoms with E-state index in [-0.39, 0.29) is 24.6 Å². The summed E-state index contributed by atoms with van der Waals surface area (Å²) in [5.41, 5.74) is 5.31. The Morgan fingerprint density at radius 3 is 2.71 bits per heavy atom. The molecule has 0 saturated carbocycles. The van der Waals surface area contributed by atoms with Gasteiger partial charge in [0, 0.05) is 24.7 Å². The number of hydrogen-bond acceptors (Lipinski definition) is 3. The number of anilines is 1. The molecule has 0 atom stereocenters. The summed E-state index contributed by atoms with van der Waals surface area (Å²) >= 11 is 0. The molecule has 3 N–H and O–H groups in total. The average molecular weight is 248 g/mol. The molecule has 0 aromatic heterocycles. The molecular formula is C10H11F3N2O2. The van der Waals surface area contributed by atoms with Crippen molar-refractivity contribution in [1.82, 2.24) is 0 Å². The molecule has 1 rings (SSSR count). The number of carbonyl (C=O) groups is 1. The van der Waals surface area contributed by atoms with Gasteiger partial charge in [0.05, 0.1) is 0 Å². The zero-order valence-electron chi connectivity index (χ0n) is 8.75. The minimum Gasteiger partial charge on any atom is -0.432 e. The Morgan fingerprint density at radius 1 is 1.47 bits per heavy atom. The van der Waals surface area contributed by atoms with Gasteiger partial charge in [0.15, 0.2) is 11.6 Å². The summed E-state index contributed by atoms with van der Waals surface area (Å²) in [5, 5.41) is 2.36. The zero-order valence-corrected chi connectivity index (χ0v) is 8.75. The number of nitrogens with one attached hydrogen (secondary N) is 1. The first-order chi connectivity index (χ1) is 8.02. The maximum Gasteiger partial charge on any atom is 0.387 e. The van der Waals surface area contributed by atoms with E-state index in [9.17, 15) is 18.0 Å². The van der Waals surface area contributed by atoms with Gasteiger partial charge in [-0.1, -0.05) is 0 Å². The van der Waals surface area contributed by atoms with Crippen LogP contribution in [0.2, 0.25) is 0 Å². The smallest absolute Gasteiger partial charge is 0.387 e. The lowest BCUT2D eigenvalue weighted by atomic mass is 10.2. The summed E-state index contributed by atoms with van der Waals surface area (Å²) in [7, 11) is 0. The highest BCUT2D eigenvalue weighted by Crippen LogP contribution is 2.22. The fourth-order valence-electron chi connectivity index (χ4n) is 1.12. The molecule has 0 aliphatic heterocycles. The maximum atomic E-state index is 13.2. The third kappa shape index (κ3) is 4.31. The number of benzene rings is 1. The molecule has 17 heavy (non-hydrogen) atoms. The van der Waals surface area contributed by atoms with Crippen molar-refractivity contribution in [2.24, 2.45) is 5.73 Å². The predicted molar refractivity (Wildman–Crippen MR) is 55.3 cm³/mol. The van der Waals surface area contributed by atoms with Crippen molar-refractivity contribution >= 4 is 11.6 Å². The van der Waals surface area contributed by atoms with E-state index < -0.39 is 18.2 Å². The number of amides is 1. The molecule has 0 unspecified atom stereocenters. The van der Waals surface area contributed by atoms with E-state index >= 15 is 0 Å². The molecule has 94 valence electrons. The minimum atomic E-state index is -3.10. The zero-order chi connectivity index (χ0) is 12.8. The molecule has 0 aliphatic carbocycles. The molecule has 1 aromatic rings. The summed E-state index contributed by atoms with van der Waals surface area (Å²) < 4.78 is 40.8. The molecule has 0 bridgehead atoms. The van der Waals surface area contributed by atoms with Crippen LogP contribution in [0.25, 0.3) is 0 Å². The van der Waals surface area contributed by atoms with Crippen molar-refractivity contribution in [3.05, 3.63) is 24.0 Å². The molecule has 0 aliphatic rings. The Kier molecular flexibility index (Phi) is 4.77. The first kappa shape index (κ1) is 13.3. The molecule has 0 heterocycles. The second-order valence-electron chi connectivity index (χ2n) is 3.11. The second kappa shape index (κ2) is 6.09. The van der Waals surface area contributed by atoms with E-state index in [2.05, 4.69) is 10.1 Å². The van der Waals surface area contributed by atoms with Crippen molar-refractivity contribution in [1.29, 1.82) is 0 Å². The first-order valence-electron chi connectivity index (χ1n) is 4.77. The van der Waals surface area contributed by atoms with Crippen molar-refractivity contribution in [3.8, 4) is 5.75 Å². The highest BCUT2D eigenvalue weighted by Gasteiger charge is 2.11. The van der Waals surface area contributed by atoms with Crippen LogP contribution in [0.1, 0.15) is 6.42 Å². The van der Waals surface area contributed by atoms with E-state index in [1.54, 1.807) is 0 Å². The van der Waals surface area contributed by atoms with Crippen LogP contribution in [0.15, 0.2) is 18.2 Å². The topological polar surface area (TPSA) is 64.4 Å². The monoisotopic (exact) mass is 248 g/mol. The van der Waals surface area contributed by atoms with Crippen LogP contribution in [-0.4, -0.2) is 19.1 Å². The number of halogens is 3. The largest absolute Gasteiger partial charge is 0.432 e. The van der Waals surface area contributed by atoms with Gasteiger partial charge < -0.3 is 15.8 Å². The predicted octanol–water partition coefficient (Wildman–Crippen LogP) is 1.71. The molecule has 0 spiro atoms. The van der Waals surface area contributed by atoms with Crippen molar-refractivity contribution in [3.63, 3.8) is 0 Å². The SMILES string of the molecule is NCCC(=O)Nc1ccc(OC(F)F)c(F)c1. The Hall–Kier alpha value is -1.76. The van der Waals surface area contributed by atoms with Crippen LogP contribution in [0, 0.1) is 5.82 Å². The highest BCUT2D eigenvalue weighted by molar-refractivity contribution is 5.90. The molecule has 0 saturated heterocycles. The number of carbonyl (C=O) groups excluding carboxylic acids is 1. The lowest BCUT2D eigenvalue weighted by Gasteiger charge is -2.08. The fourth-order valence-corrected chi connectivity index (χ4v) is 1.12. The van der Waals surface area contributed by atoms with Crippen LogP contribution in [0.5, 0.6) is 5.75 Å². The average Bonchev–Trinajstić information content (AvgIpc) is 2.22. The van der Waals surface area contributed by atoms with Crippen molar-refractivity contribution in [2.45, 2.75) is 13.0 Å². The lowest BCUT2D eigenvalue weighted by Crippen LogP contribution is -2.16. The maximum absolute atomic E-state index is 13.2. The number of hydrogen-bond donors (Lipinski definition) is 2. The third-order valence-corrected chi connectivity index (χ3v) is 1.80. The van der Waals surface area contributed by atoms with Crippen LogP contribution in [0.4, 0.5) is 18.9 Å². The molecular weight excluding hydrogens is 237 g/mol. The van der Waals surface area contributed by atoms with E-state index in [0.717, 1.165) is 12.1 Å². The first-order valence-corrected chi connectivity index (χ1v) is 4.77. The van der Waals surface area contributed by atoms with E-state index in [1.807, 2.05) is 0 Å². The third-order valence-electron chi connectivity index (χ3n) is 1.80. The number of ether oxygens (including phenoxy) is 1. The van der Waals surface area contributed by atoms with Gasteiger partial charge >= 0.3 is 6.61 Å². The van der Waals surface area contributed by atoms with Gasteiger partial charge in [-0.2, -0.15) is 8.78 Å². The highest BCUT2D eigenvalue weighted by atomic mass is 19.3. The fraction of sp³-hybridized carbons (Fsp3) is 0.300. The van der Waals surface area contributed by atoms with Gasteiger partial charge in [0.25, 0.3) is 0 Å². The Balaban J connectivity index is 2.71. The second-order valence-corrected chi connectivity index (χ2v) is 3.11. The standard InChI is InChI=1S/C10H11F3N2O2/c11-7-5-6(15-9(16)3-4-14)1-2-8(7)17-10(12)13/h1-2,5,10H,3-4,14H2,(H,15,16). The quantitative estimate of drug-likeness (QED) is 0.833. The normalized spacial score (nSPS) is 10.4. The van der Waals surface area contributed by atoms with Crippen LogP contribution >= 0.6 is 0 Å². The Labute approximate surface area is 95.6 Å². The number of alkyl halides is 2. The van der Waals surface area contributed by atoms with Crippen LogP contribution in [-0.2, 0) is 4.79 Å². The van der Waals surface area contributed by atoms with Gasteiger partial charge in [0.1, 0.15) is 0 Å². The van der Waals surface area contributed by atoms with Gasteiger partial charge in [0.2, 0.25) is 5.91 Å². The molecule has 1 aromatic carbocycles. The van der Waals surface area contributed by atoms with Gasteiger partial charge in [-0.3, -0.25) is 4.79 Å². The van der Waals surface area contributed by atoms with Gasteiger partial charge in [-0.05, 0) is 12.1 Å². The Morgan fingerprint density at radius 2 is 2.18 bits per heavy atom. The number of nitrogens with two attached hydrogens (primary N) is 1. The summed E-state index contributed by atoms with van der Waals surface area (Å²) in [6.45, 7) is -2.93. The van der Waals surface area contributed by atoms with E-state index in [1.165, 1.54) is 6.07 Å². The van der Waals surface area contributed by atoms with Crippen LogP contribution < -0.4 is 15.8 Å². The summed E-state index contributed by atoms with van der Waals surface area (Å²) in [6, 6.07) is 3.17. The molecule has 7 heteroatoms.